The Balaban J connectivity index is 2.18. The fraction of sp³-hybridized carbons (Fsp3) is 0.385. The first-order valence-electron chi connectivity index (χ1n) is 5.44. The number of hydrogen-bond acceptors (Lipinski definition) is 1. The number of rotatable bonds is 3. The summed E-state index contributed by atoms with van der Waals surface area (Å²) >= 11 is 0. The van der Waals surface area contributed by atoms with E-state index >= 15 is 0 Å². The van der Waals surface area contributed by atoms with Crippen molar-refractivity contribution in [1.29, 1.82) is 0 Å². The summed E-state index contributed by atoms with van der Waals surface area (Å²) in [7, 11) is 0. The van der Waals surface area contributed by atoms with Gasteiger partial charge in [0.2, 0.25) is 5.91 Å². The summed E-state index contributed by atoms with van der Waals surface area (Å²) < 4.78 is 0. The molecule has 2 rings (SSSR count). The van der Waals surface area contributed by atoms with Crippen LogP contribution in [0.1, 0.15) is 31.2 Å². The SMILES string of the molecule is NC(=O)C1([CH]c2ccccc2)CCCC1. The molecule has 1 aromatic carbocycles. The minimum Gasteiger partial charge on any atom is -0.369 e. The lowest BCUT2D eigenvalue weighted by atomic mass is 9.79. The van der Waals surface area contributed by atoms with Crippen molar-refractivity contribution in [3.8, 4) is 0 Å². The van der Waals surface area contributed by atoms with Gasteiger partial charge in [-0.1, -0.05) is 43.2 Å². The minimum absolute atomic E-state index is 0.177. The van der Waals surface area contributed by atoms with E-state index in [1.165, 1.54) is 0 Å². The number of hydrogen-bond donors (Lipinski definition) is 1. The van der Waals surface area contributed by atoms with Crippen molar-refractivity contribution in [3.05, 3.63) is 42.3 Å². The second-order valence-corrected chi connectivity index (χ2v) is 4.28. The quantitative estimate of drug-likeness (QED) is 0.802. The molecule has 0 atom stereocenters. The summed E-state index contributed by atoms with van der Waals surface area (Å²) in [6.07, 6.45) is 6.05. The van der Waals surface area contributed by atoms with Crippen molar-refractivity contribution in [3.63, 3.8) is 0 Å². The van der Waals surface area contributed by atoms with Gasteiger partial charge in [-0.15, -0.1) is 0 Å². The third-order valence-corrected chi connectivity index (χ3v) is 3.23. The predicted molar refractivity (Wildman–Crippen MR) is 59.9 cm³/mol. The third kappa shape index (κ3) is 2.04. The standard InChI is InChI=1S/C13H16NO/c14-12(15)13(8-4-5-9-13)10-11-6-2-1-3-7-11/h1-3,6-7,10H,4-5,8-9H2,(H2,14,15). The summed E-state index contributed by atoms with van der Waals surface area (Å²) in [5.74, 6) is -0.177. The van der Waals surface area contributed by atoms with Crippen LogP contribution >= 0.6 is 0 Å². The van der Waals surface area contributed by atoms with Crippen molar-refractivity contribution in [2.75, 3.05) is 0 Å². The van der Waals surface area contributed by atoms with E-state index in [1.54, 1.807) is 0 Å². The third-order valence-electron chi connectivity index (χ3n) is 3.23. The molecule has 2 nitrogen and oxygen atoms in total. The summed E-state index contributed by atoms with van der Waals surface area (Å²) in [5.41, 5.74) is 6.22. The van der Waals surface area contributed by atoms with Crippen molar-refractivity contribution in [2.24, 2.45) is 11.1 Å². The molecule has 0 bridgehead atoms. The molecular weight excluding hydrogens is 186 g/mol. The maximum Gasteiger partial charge on any atom is 0.224 e. The van der Waals surface area contributed by atoms with Crippen LogP contribution in [0.4, 0.5) is 0 Å². The van der Waals surface area contributed by atoms with Crippen LogP contribution in [0.3, 0.4) is 0 Å². The number of carbonyl (C=O) groups is 1. The van der Waals surface area contributed by atoms with Crippen LogP contribution in [0.25, 0.3) is 0 Å². The number of benzene rings is 1. The first-order valence-corrected chi connectivity index (χ1v) is 5.44. The highest BCUT2D eigenvalue weighted by molar-refractivity contribution is 5.83. The van der Waals surface area contributed by atoms with Gasteiger partial charge in [-0.2, -0.15) is 0 Å². The number of amides is 1. The molecule has 1 aromatic rings. The number of primary amides is 1. The smallest absolute Gasteiger partial charge is 0.224 e. The van der Waals surface area contributed by atoms with Crippen molar-refractivity contribution < 1.29 is 4.79 Å². The van der Waals surface area contributed by atoms with E-state index in [9.17, 15) is 4.79 Å². The normalized spacial score (nSPS) is 18.9. The van der Waals surface area contributed by atoms with Crippen LogP contribution in [0.15, 0.2) is 30.3 Å². The van der Waals surface area contributed by atoms with Gasteiger partial charge in [0.1, 0.15) is 0 Å². The molecule has 1 amide bonds. The lowest BCUT2D eigenvalue weighted by Gasteiger charge is -2.24. The molecule has 0 saturated heterocycles. The molecule has 2 heteroatoms. The van der Waals surface area contributed by atoms with E-state index in [2.05, 4.69) is 0 Å². The molecule has 1 fully saturated rings. The predicted octanol–water partition coefficient (Wildman–Crippen LogP) is 2.28. The van der Waals surface area contributed by atoms with E-state index < -0.39 is 0 Å². The van der Waals surface area contributed by atoms with Gasteiger partial charge in [-0.3, -0.25) is 4.79 Å². The molecule has 0 unspecified atom stereocenters. The van der Waals surface area contributed by atoms with Gasteiger partial charge >= 0.3 is 0 Å². The summed E-state index contributed by atoms with van der Waals surface area (Å²) in [4.78, 5) is 11.5. The Morgan fingerprint density at radius 1 is 1.20 bits per heavy atom. The molecule has 0 spiro atoms. The summed E-state index contributed by atoms with van der Waals surface area (Å²) in [6.45, 7) is 0. The van der Waals surface area contributed by atoms with Crippen LogP contribution in [-0.2, 0) is 4.79 Å². The van der Waals surface area contributed by atoms with Gasteiger partial charge in [0, 0.05) is 6.42 Å². The second-order valence-electron chi connectivity index (χ2n) is 4.28. The Bertz CT molecular complexity index is 339. The molecule has 79 valence electrons. The highest BCUT2D eigenvalue weighted by Crippen LogP contribution is 2.41. The molecule has 1 aliphatic carbocycles. The fourth-order valence-corrected chi connectivity index (χ4v) is 2.34. The highest BCUT2D eigenvalue weighted by atomic mass is 16.1. The fourth-order valence-electron chi connectivity index (χ4n) is 2.34. The van der Waals surface area contributed by atoms with Crippen LogP contribution in [-0.4, -0.2) is 5.91 Å². The van der Waals surface area contributed by atoms with E-state index in [1.807, 2.05) is 36.8 Å². The number of nitrogens with two attached hydrogens (primary N) is 1. The maximum atomic E-state index is 11.5. The van der Waals surface area contributed by atoms with Gasteiger partial charge in [0.15, 0.2) is 0 Å². The summed E-state index contributed by atoms with van der Waals surface area (Å²) in [5, 5.41) is 0. The van der Waals surface area contributed by atoms with Crippen LogP contribution in [0.2, 0.25) is 0 Å². The Hall–Kier alpha value is -1.31. The van der Waals surface area contributed by atoms with E-state index in [0.29, 0.717) is 0 Å². The highest BCUT2D eigenvalue weighted by Gasteiger charge is 2.39. The van der Waals surface area contributed by atoms with Crippen LogP contribution < -0.4 is 5.73 Å². The lowest BCUT2D eigenvalue weighted by molar-refractivity contribution is -0.125. The average molecular weight is 202 g/mol. The number of carbonyl (C=O) groups excluding carboxylic acids is 1. The maximum absolute atomic E-state index is 11.5. The minimum atomic E-state index is -0.388. The molecule has 0 aromatic heterocycles. The van der Waals surface area contributed by atoms with Gasteiger partial charge in [0.25, 0.3) is 0 Å². The van der Waals surface area contributed by atoms with Crippen LogP contribution in [0.5, 0.6) is 0 Å². The zero-order valence-corrected chi connectivity index (χ0v) is 8.78. The summed E-state index contributed by atoms with van der Waals surface area (Å²) in [6, 6.07) is 9.97. The Morgan fingerprint density at radius 3 is 2.33 bits per heavy atom. The van der Waals surface area contributed by atoms with E-state index in [4.69, 9.17) is 5.73 Å². The Labute approximate surface area is 90.5 Å². The van der Waals surface area contributed by atoms with Gasteiger partial charge in [0.05, 0.1) is 5.41 Å². The van der Waals surface area contributed by atoms with Crippen molar-refractivity contribution in [2.45, 2.75) is 25.7 Å². The first-order chi connectivity index (χ1) is 7.23. The zero-order chi connectivity index (χ0) is 10.7. The topological polar surface area (TPSA) is 43.1 Å². The molecule has 0 aliphatic heterocycles. The molecule has 15 heavy (non-hydrogen) atoms. The molecule has 1 saturated carbocycles. The molecule has 2 N–H and O–H groups in total. The van der Waals surface area contributed by atoms with Gasteiger partial charge in [-0.05, 0) is 18.4 Å². The lowest BCUT2D eigenvalue weighted by Crippen LogP contribution is -2.35. The van der Waals surface area contributed by atoms with Crippen molar-refractivity contribution in [1.82, 2.24) is 0 Å². The largest absolute Gasteiger partial charge is 0.369 e. The molecule has 1 radical (unpaired) electrons. The van der Waals surface area contributed by atoms with E-state index in [0.717, 1.165) is 31.2 Å². The average Bonchev–Trinajstić information content (AvgIpc) is 2.69. The van der Waals surface area contributed by atoms with Crippen molar-refractivity contribution >= 4 is 5.91 Å². The monoisotopic (exact) mass is 202 g/mol. The molecular formula is C13H16NO. The second kappa shape index (κ2) is 4.05. The van der Waals surface area contributed by atoms with Crippen LogP contribution in [0, 0.1) is 11.8 Å². The molecule has 0 heterocycles. The Morgan fingerprint density at radius 2 is 1.80 bits per heavy atom. The molecule has 1 aliphatic rings. The zero-order valence-electron chi connectivity index (χ0n) is 8.78. The van der Waals surface area contributed by atoms with Gasteiger partial charge in [-0.25, -0.2) is 0 Å². The first kappa shape index (κ1) is 10.2. The Kier molecular flexibility index (Phi) is 2.76. The van der Waals surface area contributed by atoms with E-state index in [-0.39, 0.29) is 11.3 Å². The van der Waals surface area contributed by atoms with Gasteiger partial charge < -0.3 is 5.73 Å².